The van der Waals surface area contributed by atoms with E-state index >= 15 is 0 Å². The summed E-state index contributed by atoms with van der Waals surface area (Å²) >= 11 is 0. The van der Waals surface area contributed by atoms with Crippen molar-refractivity contribution in [3.63, 3.8) is 0 Å². The van der Waals surface area contributed by atoms with Crippen LogP contribution in [0, 0.1) is 101 Å². The minimum atomic E-state index is -5.81. The Bertz CT molecular complexity index is 4900. The van der Waals surface area contributed by atoms with Crippen molar-refractivity contribution >= 4 is 77.8 Å². The molecule has 0 unspecified atom stereocenters. The summed E-state index contributed by atoms with van der Waals surface area (Å²) in [4.78, 5) is 80.6. The summed E-state index contributed by atoms with van der Waals surface area (Å²) in [5.41, 5.74) is 0.290. The smallest absolute Gasteiger partial charge is 0.456 e. The van der Waals surface area contributed by atoms with Gasteiger partial charge < -0.3 is 37.5 Å². The van der Waals surface area contributed by atoms with Crippen molar-refractivity contribution in [1.29, 1.82) is 0 Å². The lowest BCUT2D eigenvalue weighted by atomic mass is 9.49. The third-order valence-corrected chi connectivity index (χ3v) is 35.3. The van der Waals surface area contributed by atoms with Gasteiger partial charge in [-0.25, -0.2) is 21.6 Å². The topological polar surface area (TPSA) is 272 Å². The maximum atomic E-state index is 13.6. The first kappa shape index (κ1) is 106. The van der Waals surface area contributed by atoms with Gasteiger partial charge in [0.25, 0.3) is 0 Å². The molecule has 31 heteroatoms. The van der Waals surface area contributed by atoms with Crippen LogP contribution < -0.4 is 4.74 Å². The van der Waals surface area contributed by atoms with Crippen LogP contribution in [0.5, 0.6) is 5.75 Å². The summed E-state index contributed by atoms with van der Waals surface area (Å²) in [6.07, 6.45) is 22.2. The Kier molecular flexibility index (Phi) is 35.0. The zero-order valence-electron chi connectivity index (χ0n) is 78.2. The zero-order valence-corrected chi connectivity index (χ0v) is 81.5. The number of aryl methyl sites for hydroxylation is 3. The Balaban J connectivity index is 0.000000157. The van der Waals surface area contributed by atoms with Crippen molar-refractivity contribution in [2.75, 3.05) is 26.4 Å². The van der Waals surface area contributed by atoms with E-state index in [0.29, 0.717) is 80.5 Å². The molecule has 13 saturated carbocycles. The standard InChI is InChI=1S/C31H33O2S.C19H17S.C16H30O2.2C13H18F2O5S.C11H15F5O4/c1-21-13-28(34(26-9-5-3-6-10-26)27-11-7-4-8-12-27)14-22(2)29(21)33-30(32)31-18-23-15-24(19-31)17-25(16-23)20-31;1-16-12-14-19(15-13-16)20(17-8-4-2-5-9-17)18-10-6-3-7-11-18;1-5-15(3,4)14(17)18-16(6-2)12-10-8-7-9-11-13-16;2*14-13(15,21(17,18)19)7-20-11(16)12-4-8-1-9(5-12)3-10(2-8)6-12;1-4-9(2,3)8(18)19-5-7(17)20-6-10(12,13)11(14,15)16/h3-14,23-25H,15-20H2,1-2H3;2-15H,1H3;5-13H2,1-4H3;2*8-10H,1-7H2,(H,17,18,19);4-6H2,1-3H3/q2*+1;;;;/p-2. The SMILES string of the molecule is CCC(C)(C)C(=O)OCC(=O)OCC(F)(F)C(F)(F)F.CCC1(OC(=O)C(C)(C)CC)CCCCCCC1.Cc1cc([S+](c2ccccc2)c2ccccc2)cc(C)c1OC(=O)C12CC3CC(CC(C3)C1)C2.Cc1ccc([S+](c2ccccc2)c2ccccc2)cc1.O=C(OCC(F)(F)S(=O)(=O)[O-])C12CC3CC(CC(C3)C1)C2.O=C(OCC(F)(F)S(=O)(=O)[O-])C12CC3CC(CC(C3)C1)C2. The normalized spacial score (nSPS) is 25.3. The van der Waals surface area contributed by atoms with Gasteiger partial charge in [0.15, 0.2) is 76.0 Å². The molecule has 0 radical (unpaired) electrons. The van der Waals surface area contributed by atoms with Crippen molar-refractivity contribution in [3.05, 3.63) is 174 Å². The molecule has 12 bridgehead atoms. The van der Waals surface area contributed by atoms with Crippen LogP contribution in [-0.2, 0) is 94.5 Å². The van der Waals surface area contributed by atoms with E-state index in [1.165, 1.54) is 100 Å². The average Bonchev–Trinajstić information content (AvgIpc) is 0.743. The summed E-state index contributed by atoms with van der Waals surface area (Å²) in [5.74, 6) is -3.28. The van der Waals surface area contributed by atoms with Crippen LogP contribution in [0.1, 0.15) is 245 Å². The molecule has 736 valence electrons. The van der Waals surface area contributed by atoms with Gasteiger partial charge >= 0.3 is 58.4 Å². The summed E-state index contributed by atoms with van der Waals surface area (Å²) in [5, 5.41) is -9.13. The molecule has 13 aliphatic rings. The molecular weight excluding hydrogens is 1820 g/mol. The van der Waals surface area contributed by atoms with Gasteiger partial charge in [-0.2, -0.15) is 39.5 Å². The van der Waals surface area contributed by atoms with Crippen LogP contribution >= 0.6 is 0 Å². The molecule has 0 heterocycles. The number of carbonyl (C=O) groups excluding carboxylic acids is 6. The lowest BCUT2D eigenvalue weighted by Crippen LogP contribution is -2.51. The largest absolute Gasteiger partial charge is 0.743 e. The van der Waals surface area contributed by atoms with Crippen LogP contribution in [-0.4, -0.2) is 116 Å². The third kappa shape index (κ3) is 26.7. The molecule has 0 saturated heterocycles. The number of ether oxygens (including phenoxy) is 6. The number of hydrogen-bond acceptors (Lipinski definition) is 18. The predicted molar refractivity (Wildman–Crippen MR) is 488 cm³/mol. The highest BCUT2D eigenvalue weighted by Gasteiger charge is 2.61. The second-order valence-electron chi connectivity index (χ2n) is 40.5. The summed E-state index contributed by atoms with van der Waals surface area (Å²) < 4.78 is 205. The maximum Gasteiger partial charge on any atom is 0.456 e. The van der Waals surface area contributed by atoms with Crippen LogP contribution in [0.3, 0.4) is 0 Å². The molecule has 6 aromatic carbocycles. The highest BCUT2D eigenvalue weighted by Crippen LogP contribution is 2.64. The van der Waals surface area contributed by atoms with Gasteiger partial charge in [-0.15, -0.1) is 0 Å². The Morgan fingerprint density at radius 1 is 0.388 bits per heavy atom. The minimum Gasteiger partial charge on any atom is -0.743 e. The minimum absolute atomic E-state index is 0.00702. The van der Waals surface area contributed by atoms with Crippen molar-refractivity contribution < 1.29 is 123 Å². The van der Waals surface area contributed by atoms with Gasteiger partial charge in [-0.05, 0) is 334 Å². The number of hydrogen-bond donors (Lipinski definition) is 0. The molecule has 0 aromatic heterocycles. The van der Waals surface area contributed by atoms with E-state index in [1.54, 1.807) is 6.92 Å². The van der Waals surface area contributed by atoms with Gasteiger partial charge in [-0.1, -0.05) is 131 Å². The first-order chi connectivity index (χ1) is 62.9. The number of rotatable bonds is 26. The molecule has 18 nitrogen and oxygen atoms in total. The molecule has 134 heavy (non-hydrogen) atoms. The Morgan fingerprint density at radius 3 is 0.993 bits per heavy atom. The Labute approximate surface area is 789 Å². The van der Waals surface area contributed by atoms with Crippen molar-refractivity contribution in [2.45, 2.75) is 307 Å². The summed E-state index contributed by atoms with van der Waals surface area (Å²) in [6.45, 7) is 12.7. The number of carbonyl (C=O) groups is 6. The fourth-order valence-corrected chi connectivity index (χ4v) is 27.0. The summed E-state index contributed by atoms with van der Waals surface area (Å²) in [6, 6.07) is 56.3. The first-order valence-corrected chi connectivity index (χ1v) is 52.2. The van der Waals surface area contributed by atoms with E-state index in [9.17, 15) is 94.2 Å². The predicted octanol–water partition coefficient (Wildman–Crippen LogP) is 23.9. The van der Waals surface area contributed by atoms with E-state index in [4.69, 9.17) is 9.47 Å². The van der Waals surface area contributed by atoms with E-state index in [2.05, 4.69) is 211 Å². The van der Waals surface area contributed by atoms with Gasteiger partial charge in [0.2, 0.25) is 0 Å². The number of esters is 6. The van der Waals surface area contributed by atoms with Crippen molar-refractivity contribution in [2.24, 2.45) is 80.3 Å². The lowest BCUT2D eigenvalue weighted by molar-refractivity contribution is -0.294. The van der Waals surface area contributed by atoms with E-state index in [1.807, 2.05) is 13.8 Å². The fraction of sp³-hybridized carbons (Fsp3) is 0.592. The average molecular weight is 1950 g/mol. The Morgan fingerprint density at radius 2 is 0.687 bits per heavy atom. The third-order valence-electron chi connectivity index (χ3n) is 29.2. The lowest BCUT2D eigenvalue weighted by Gasteiger charge is -2.55. The van der Waals surface area contributed by atoms with Crippen LogP contribution in [0.25, 0.3) is 0 Å². The molecule has 0 atom stereocenters. The first-order valence-electron chi connectivity index (χ1n) is 47.0. The van der Waals surface area contributed by atoms with Crippen LogP contribution in [0.15, 0.2) is 187 Å². The molecule has 0 aliphatic heterocycles. The molecule has 6 aromatic rings. The maximum absolute atomic E-state index is 13.6. The molecule has 0 N–H and O–H groups in total. The molecule has 0 spiro atoms. The second kappa shape index (κ2) is 44.0. The van der Waals surface area contributed by atoms with Gasteiger partial charge in [0.05, 0.1) is 48.9 Å². The fourth-order valence-electron chi connectivity index (χ4n) is 22.3. The van der Waals surface area contributed by atoms with Crippen molar-refractivity contribution in [1.82, 2.24) is 0 Å². The number of alkyl halides is 9. The van der Waals surface area contributed by atoms with E-state index in [0.717, 1.165) is 118 Å². The number of benzene rings is 6. The zero-order chi connectivity index (χ0) is 97.8. The highest BCUT2D eigenvalue weighted by atomic mass is 32.2. The van der Waals surface area contributed by atoms with Gasteiger partial charge in [0.1, 0.15) is 11.4 Å². The van der Waals surface area contributed by atoms with Gasteiger partial charge in [-0.3, -0.25) is 24.0 Å². The molecule has 13 fully saturated rings. The van der Waals surface area contributed by atoms with Gasteiger partial charge in [0, 0.05) is 12.1 Å². The van der Waals surface area contributed by atoms with Crippen LogP contribution in [0.2, 0.25) is 0 Å². The van der Waals surface area contributed by atoms with Crippen LogP contribution in [0.4, 0.5) is 39.5 Å². The van der Waals surface area contributed by atoms with E-state index in [-0.39, 0.29) is 50.2 Å². The van der Waals surface area contributed by atoms with Crippen molar-refractivity contribution in [3.8, 4) is 5.75 Å². The van der Waals surface area contributed by atoms with E-state index < -0.39 is 109 Å². The number of halogens is 9. The summed E-state index contributed by atoms with van der Waals surface area (Å²) in [7, 11) is -11.9. The highest BCUT2D eigenvalue weighted by molar-refractivity contribution is 7.97. The molecule has 13 aliphatic carbocycles. The molecule has 0 amide bonds. The molecule has 19 rings (SSSR count). The monoisotopic (exact) mass is 1950 g/mol. The second-order valence-corrected chi connectivity index (χ2v) is 47.6. The Hall–Kier alpha value is -7.97. The molecular formula is C103H129F9O18S4. The quantitative estimate of drug-likeness (QED) is 0.0122.